The fourth-order valence-electron chi connectivity index (χ4n) is 9.03. The van der Waals surface area contributed by atoms with Gasteiger partial charge in [0, 0.05) is 11.1 Å². The summed E-state index contributed by atoms with van der Waals surface area (Å²) >= 11 is -0.346. The first-order valence-electron chi connectivity index (χ1n) is 22.9. The molecule has 2 atom stereocenters. The average molecular weight is 1170 g/mol. The first kappa shape index (κ1) is 54.3. The van der Waals surface area contributed by atoms with Crippen LogP contribution in [0.25, 0.3) is 44.1 Å². The molecular formula is C58H50Cl2N2O6P4Ru+2. The van der Waals surface area contributed by atoms with Gasteiger partial charge in [-0.25, -0.2) is 0 Å². The van der Waals surface area contributed by atoms with Gasteiger partial charge < -0.3 is 31.0 Å². The Labute approximate surface area is 443 Å². The van der Waals surface area contributed by atoms with Crippen molar-refractivity contribution in [3.05, 3.63) is 265 Å². The topological polar surface area (TPSA) is 163 Å². The first-order valence-corrected chi connectivity index (χ1v) is 33.6. The predicted molar refractivity (Wildman–Crippen MR) is 309 cm³/mol. The summed E-state index contributed by atoms with van der Waals surface area (Å²) in [6, 6.07) is 77.8. The number of benzene rings is 10. The molecule has 0 saturated carbocycles. The predicted octanol–water partition coefficient (Wildman–Crippen LogP) is 12.2. The Morgan fingerprint density at radius 1 is 0.384 bits per heavy atom. The van der Waals surface area contributed by atoms with E-state index in [0.717, 1.165) is 43.6 Å². The molecule has 8 nitrogen and oxygen atoms in total. The molecule has 15 heteroatoms. The van der Waals surface area contributed by atoms with E-state index in [0.29, 0.717) is 10.8 Å². The first-order chi connectivity index (χ1) is 35.3. The Morgan fingerprint density at radius 3 is 0.904 bits per heavy atom. The summed E-state index contributed by atoms with van der Waals surface area (Å²) in [7, 11) is -2.86. The Kier molecular flexibility index (Phi) is 18.6. The van der Waals surface area contributed by atoms with Gasteiger partial charge in [0.15, 0.2) is 0 Å². The number of nitrogens with one attached hydrogen (secondary N) is 2. The number of fused-ring (bicyclic) bond motifs is 2. The van der Waals surface area contributed by atoms with E-state index in [1.165, 1.54) is 33.4 Å². The molecule has 10 aromatic carbocycles. The molecule has 0 heterocycles. The molecule has 0 aliphatic carbocycles. The monoisotopic (exact) mass is 1170 g/mol. The van der Waals surface area contributed by atoms with Crippen LogP contribution in [0, 0.1) is 0 Å². The molecule has 0 aliphatic rings. The molecule has 0 aromatic heterocycles. The SMILES string of the molecule is O=P(O)(O)c1ccc2c(-c3c([PH+](c4ccccc4)c4ccccc4)ccc4cc(P(=O)(O)O)ccc34)c([PH+](c3ccccc3)c3ccccc3)ccc2c1.[Cl][Ru+2][Cl].[NH-][C@H](c1ccccc1)[C@H]([NH-])c1ccccc1. The van der Waals surface area contributed by atoms with E-state index in [-0.39, 0.29) is 25.8 Å². The van der Waals surface area contributed by atoms with Crippen LogP contribution >= 0.6 is 50.4 Å². The van der Waals surface area contributed by atoms with Gasteiger partial charge in [-0.3, -0.25) is 9.13 Å². The zero-order valence-corrected chi connectivity index (χ0v) is 45.9. The third-order valence-corrected chi connectivity index (χ3v) is 19.8. The van der Waals surface area contributed by atoms with Gasteiger partial charge in [0.25, 0.3) is 0 Å². The van der Waals surface area contributed by atoms with Crippen LogP contribution in [0.4, 0.5) is 0 Å². The smallest absolute Gasteiger partial charge is 0.0606 e. The van der Waals surface area contributed by atoms with Gasteiger partial charge in [0.05, 0.1) is 26.5 Å². The van der Waals surface area contributed by atoms with Crippen LogP contribution in [0.3, 0.4) is 0 Å². The molecule has 0 aliphatic heterocycles. The third kappa shape index (κ3) is 13.1. The van der Waals surface area contributed by atoms with Gasteiger partial charge in [-0.2, -0.15) is 0 Å². The second kappa shape index (κ2) is 25.0. The van der Waals surface area contributed by atoms with E-state index in [1.54, 1.807) is 12.1 Å². The van der Waals surface area contributed by atoms with E-state index >= 15 is 0 Å². The minimum atomic E-state index is -4.56. The van der Waals surface area contributed by atoms with Crippen molar-refractivity contribution >= 4 is 114 Å². The third-order valence-electron chi connectivity index (χ3n) is 12.4. The van der Waals surface area contributed by atoms with Crippen molar-refractivity contribution in [2.24, 2.45) is 0 Å². The standard InChI is InChI=1S/C44H34O6P4.C14H14N2.2ClH.Ru/c45-53(46,47)37-23-25-39-31(29-37)21-27-41(51(33-13-5-1-6-14-33)34-15-7-2-8-16-34)43(39)44-40-26-24-38(54(48,49)50)30-32(40)22-28-42(44)52(35-17-9-3-10-18-35)36-19-11-4-12-20-36;15-13(11-7-3-1-4-8-11)14(16)12-9-5-2-6-10-12;;;/h1-30H,(H2,45,46,47)(H2,48,49,50);1-10,13-16H;2*1H;/q;-2;;;+4/t;13-,14-;;;/m.1.../s1. The maximum Gasteiger partial charge on any atom is -0.0606 e. The molecule has 6 N–H and O–H groups in total. The van der Waals surface area contributed by atoms with Crippen molar-refractivity contribution in [2.45, 2.75) is 12.1 Å². The fourth-order valence-corrected chi connectivity index (χ4v) is 15.7. The van der Waals surface area contributed by atoms with Crippen LogP contribution in [-0.4, -0.2) is 19.6 Å². The zero-order chi connectivity index (χ0) is 51.5. The summed E-state index contributed by atoms with van der Waals surface area (Å²) in [4.78, 5) is 40.9. The van der Waals surface area contributed by atoms with E-state index in [1.807, 2.05) is 109 Å². The van der Waals surface area contributed by atoms with Crippen LogP contribution in [-0.2, 0) is 24.3 Å². The van der Waals surface area contributed by atoms with Gasteiger partial charge in [0.2, 0.25) is 0 Å². The largest absolute Gasteiger partial charge is 0.672 e. The van der Waals surface area contributed by atoms with Gasteiger partial charge >= 0.3 is 49.7 Å². The molecule has 0 radical (unpaired) electrons. The molecule has 0 saturated heterocycles. The average Bonchev–Trinajstić information content (AvgIpc) is 3.42. The van der Waals surface area contributed by atoms with E-state index in [4.69, 9.17) is 30.8 Å². The maximum absolute atomic E-state index is 12.6. The van der Waals surface area contributed by atoms with Crippen LogP contribution < -0.4 is 42.4 Å². The van der Waals surface area contributed by atoms with E-state index in [9.17, 15) is 28.7 Å². The molecule has 0 spiro atoms. The number of halogens is 2. The Balaban J connectivity index is 0.000000314. The minimum absolute atomic E-state index is 0.0619. The number of rotatable bonds is 12. The fraction of sp³-hybridized carbons (Fsp3) is 0.0345. The van der Waals surface area contributed by atoms with Crippen molar-refractivity contribution in [3.63, 3.8) is 0 Å². The summed E-state index contributed by atoms with van der Waals surface area (Å²) in [6.07, 6.45) is 0. The zero-order valence-electron chi connectivity index (χ0n) is 38.9. The number of hydrogen-bond donors (Lipinski definition) is 4. The molecule has 10 rings (SSSR count). The Morgan fingerprint density at radius 2 is 0.644 bits per heavy atom. The Bertz CT molecular complexity index is 3200. The van der Waals surface area contributed by atoms with Crippen molar-refractivity contribution in [1.29, 1.82) is 0 Å². The van der Waals surface area contributed by atoms with Crippen LogP contribution in [0.5, 0.6) is 0 Å². The molecule has 368 valence electrons. The summed E-state index contributed by atoms with van der Waals surface area (Å²) in [6.45, 7) is 0. The second-order valence-electron chi connectivity index (χ2n) is 16.9. The molecule has 0 bridgehead atoms. The second-order valence-corrected chi connectivity index (χ2v) is 27.7. The normalized spacial score (nSPS) is 12.4. The van der Waals surface area contributed by atoms with Crippen LogP contribution in [0.2, 0.25) is 0 Å². The summed E-state index contributed by atoms with van der Waals surface area (Å²) in [5.74, 6) is 0. The molecule has 0 fully saturated rings. The summed E-state index contributed by atoms with van der Waals surface area (Å²) < 4.78 is 25.1. The molecule has 0 amide bonds. The van der Waals surface area contributed by atoms with Crippen LogP contribution in [0.15, 0.2) is 243 Å². The van der Waals surface area contributed by atoms with Gasteiger partial charge in [-0.1, -0.05) is 169 Å². The van der Waals surface area contributed by atoms with Crippen molar-refractivity contribution in [2.75, 3.05) is 0 Å². The van der Waals surface area contributed by atoms with Gasteiger partial charge in [-0.05, 0) is 106 Å². The Hall–Kier alpha value is -5.00. The van der Waals surface area contributed by atoms with Crippen molar-refractivity contribution in [3.8, 4) is 11.1 Å². The van der Waals surface area contributed by atoms with Crippen LogP contribution in [0.1, 0.15) is 23.2 Å². The summed E-state index contributed by atoms with van der Waals surface area (Å²) in [5.41, 5.74) is 19.8. The molecule has 10 aromatic rings. The minimum Gasteiger partial charge on any atom is -0.672 e. The van der Waals surface area contributed by atoms with Gasteiger partial charge in [-0.15, -0.1) is 12.1 Å². The van der Waals surface area contributed by atoms with Crippen molar-refractivity contribution in [1.82, 2.24) is 0 Å². The molecular weight excluding hydrogens is 1120 g/mol. The molecule has 73 heavy (non-hydrogen) atoms. The van der Waals surface area contributed by atoms with Gasteiger partial charge in [0.1, 0.15) is 31.8 Å². The summed E-state index contributed by atoms with van der Waals surface area (Å²) in [5, 5.41) is 9.75. The van der Waals surface area contributed by atoms with E-state index < -0.39 is 43.1 Å². The molecule has 0 unspecified atom stereocenters. The van der Waals surface area contributed by atoms with E-state index in [2.05, 4.69) is 109 Å². The quantitative estimate of drug-likeness (QED) is 0.0703. The number of hydrogen-bond acceptors (Lipinski definition) is 2. The van der Waals surface area contributed by atoms with Crippen molar-refractivity contribution < 1.29 is 43.8 Å². The maximum atomic E-state index is 12.6.